The van der Waals surface area contributed by atoms with Crippen LogP contribution in [0.15, 0.2) is 18.2 Å². The van der Waals surface area contributed by atoms with Gasteiger partial charge in [0.1, 0.15) is 0 Å². The molecule has 0 bridgehead atoms. The molecule has 1 aromatic rings. The zero-order chi connectivity index (χ0) is 11.1. The average molecular weight is 443 g/mol. The summed E-state index contributed by atoms with van der Waals surface area (Å²) in [7, 11) is 0. The van der Waals surface area contributed by atoms with Gasteiger partial charge in [0.25, 0.3) is 0 Å². The third-order valence-corrected chi connectivity index (χ3v) is 2.40. The molecule has 0 saturated carbocycles. The first-order chi connectivity index (χ1) is 7.29. The Morgan fingerprint density at radius 2 is 2.06 bits per heavy atom. The summed E-state index contributed by atoms with van der Waals surface area (Å²) in [6, 6.07) is 5.46. The molecule has 0 aliphatic heterocycles. The maximum Gasteiger partial charge on any atom is 0.0866 e. The standard InChI is InChI=1S/C13H17O2.U/c1-3-4-5-9-15-13-8-6-7-12(10-14)11(13)2;/h6-8H,3-5,9H2,1-2H3;/q-1;. The van der Waals surface area contributed by atoms with Crippen LogP contribution in [-0.4, -0.2) is 12.9 Å². The molecule has 0 heterocycles. The predicted octanol–water partition coefficient (Wildman–Crippen LogP) is 3.02. The monoisotopic (exact) mass is 443 g/mol. The number of carbonyl (C=O) groups excluding carboxylic acids is 1. The third kappa shape index (κ3) is 4.72. The number of benzene rings is 1. The fraction of sp³-hybridized carbons (Fsp3) is 0.462. The Labute approximate surface area is 121 Å². The fourth-order valence-electron chi connectivity index (χ4n) is 1.42. The molecule has 0 atom stereocenters. The quantitative estimate of drug-likeness (QED) is 0.499. The van der Waals surface area contributed by atoms with Gasteiger partial charge in [-0.2, -0.15) is 6.07 Å². The van der Waals surface area contributed by atoms with Gasteiger partial charge in [0.05, 0.1) is 18.6 Å². The Morgan fingerprint density at radius 3 is 2.69 bits per heavy atom. The minimum absolute atomic E-state index is 0. The number of hydrogen-bond donors (Lipinski definition) is 0. The molecular formula is C13H17O2U-. The van der Waals surface area contributed by atoms with Gasteiger partial charge in [-0.3, -0.25) is 0 Å². The number of rotatable bonds is 6. The Bertz CT molecular complexity index is 324. The largest absolute Gasteiger partial charge is 0.506 e. The molecule has 0 unspecified atom stereocenters. The Balaban J connectivity index is 0.00000225. The van der Waals surface area contributed by atoms with Crippen LogP contribution < -0.4 is 4.74 Å². The van der Waals surface area contributed by atoms with Gasteiger partial charge in [0, 0.05) is 31.1 Å². The van der Waals surface area contributed by atoms with Gasteiger partial charge in [-0.25, -0.2) is 0 Å². The molecule has 16 heavy (non-hydrogen) atoms. The van der Waals surface area contributed by atoms with Crippen LogP contribution in [0, 0.1) is 38.0 Å². The molecule has 0 spiro atoms. The minimum Gasteiger partial charge on any atom is -0.506 e. The molecule has 1 aromatic carbocycles. The molecular weight excluding hydrogens is 426 g/mol. The van der Waals surface area contributed by atoms with E-state index in [4.69, 9.17) is 4.74 Å². The zero-order valence-corrected chi connectivity index (χ0v) is 14.0. The van der Waals surface area contributed by atoms with E-state index in [0.29, 0.717) is 5.56 Å². The van der Waals surface area contributed by atoms with Gasteiger partial charge in [0.15, 0.2) is 0 Å². The summed E-state index contributed by atoms with van der Waals surface area (Å²) in [5.41, 5.74) is 1.46. The Hall–Kier alpha value is -0.258. The van der Waals surface area contributed by atoms with Crippen molar-refractivity contribution >= 4 is 6.29 Å². The summed E-state index contributed by atoms with van der Waals surface area (Å²) in [6.07, 6.45) is 5.33. The van der Waals surface area contributed by atoms with E-state index in [2.05, 4.69) is 6.92 Å². The summed E-state index contributed by atoms with van der Waals surface area (Å²) in [6.45, 7) is 4.76. The third-order valence-electron chi connectivity index (χ3n) is 2.40. The molecule has 0 saturated heterocycles. The smallest absolute Gasteiger partial charge is 0.0866 e. The van der Waals surface area contributed by atoms with E-state index in [1.807, 2.05) is 25.3 Å². The molecule has 3 heteroatoms. The van der Waals surface area contributed by atoms with Gasteiger partial charge < -0.3 is 9.53 Å². The first-order valence-electron chi connectivity index (χ1n) is 5.40. The second-order valence-electron chi connectivity index (χ2n) is 3.59. The summed E-state index contributed by atoms with van der Waals surface area (Å²) in [5, 5.41) is 0. The molecule has 0 fully saturated rings. The molecule has 86 valence electrons. The first kappa shape index (κ1) is 15.7. The molecule has 0 aliphatic carbocycles. The Kier molecular flexibility index (Phi) is 8.70. The van der Waals surface area contributed by atoms with Crippen LogP contribution in [0.5, 0.6) is 5.75 Å². The molecule has 0 radical (unpaired) electrons. The van der Waals surface area contributed by atoms with E-state index < -0.39 is 0 Å². The van der Waals surface area contributed by atoms with Crippen molar-refractivity contribution in [2.45, 2.75) is 33.1 Å². The molecule has 0 N–H and O–H groups in total. The van der Waals surface area contributed by atoms with Gasteiger partial charge in [0.2, 0.25) is 0 Å². The van der Waals surface area contributed by atoms with Crippen LogP contribution in [-0.2, 0) is 4.79 Å². The van der Waals surface area contributed by atoms with E-state index in [0.717, 1.165) is 24.3 Å². The van der Waals surface area contributed by atoms with Crippen molar-refractivity contribution in [2.24, 2.45) is 0 Å². The summed E-state index contributed by atoms with van der Waals surface area (Å²) in [4.78, 5) is 10.6. The number of hydrogen-bond acceptors (Lipinski definition) is 2. The predicted molar refractivity (Wildman–Crippen MR) is 61.0 cm³/mol. The fourth-order valence-corrected chi connectivity index (χ4v) is 1.42. The van der Waals surface area contributed by atoms with Crippen molar-refractivity contribution < 1.29 is 40.6 Å². The van der Waals surface area contributed by atoms with E-state index in [9.17, 15) is 4.79 Å². The first-order valence-corrected chi connectivity index (χ1v) is 5.40. The van der Waals surface area contributed by atoms with Crippen molar-refractivity contribution in [1.82, 2.24) is 0 Å². The molecule has 2 nitrogen and oxygen atoms in total. The van der Waals surface area contributed by atoms with Gasteiger partial charge in [-0.15, -0.1) is 17.2 Å². The van der Waals surface area contributed by atoms with E-state index in [-0.39, 0.29) is 31.1 Å². The van der Waals surface area contributed by atoms with Crippen molar-refractivity contribution in [2.75, 3.05) is 6.61 Å². The van der Waals surface area contributed by atoms with Gasteiger partial charge in [-0.1, -0.05) is 26.7 Å². The van der Waals surface area contributed by atoms with Crippen molar-refractivity contribution in [3.05, 3.63) is 29.3 Å². The van der Waals surface area contributed by atoms with Crippen LogP contribution in [0.3, 0.4) is 0 Å². The maximum absolute atomic E-state index is 10.6. The number of unbranched alkanes of at least 4 members (excludes halogenated alkanes) is 2. The molecule has 1 rings (SSSR count). The van der Waals surface area contributed by atoms with Gasteiger partial charge >= 0.3 is 0 Å². The van der Waals surface area contributed by atoms with Crippen LogP contribution in [0.1, 0.15) is 37.3 Å². The molecule has 0 amide bonds. The summed E-state index contributed by atoms with van der Waals surface area (Å²) < 4.78 is 5.60. The van der Waals surface area contributed by atoms with Crippen LogP contribution >= 0.6 is 0 Å². The molecule has 0 aromatic heterocycles. The van der Waals surface area contributed by atoms with Crippen molar-refractivity contribution in [1.29, 1.82) is 0 Å². The summed E-state index contributed by atoms with van der Waals surface area (Å²) in [5.74, 6) is 0.798. The van der Waals surface area contributed by atoms with E-state index >= 15 is 0 Å². The van der Waals surface area contributed by atoms with E-state index in [1.165, 1.54) is 12.8 Å². The number of ether oxygens (including phenoxy) is 1. The second kappa shape index (κ2) is 8.84. The normalized spacial score (nSPS) is 9.38. The summed E-state index contributed by atoms with van der Waals surface area (Å²) >= 11 is 0. The van der Waals surface area contributed by atoms with Crippen LogP contribution in [0.2, 0.25) is 0 Å². The SMILES string of the molecule is CCCCCOc1cccc([C-]=O)c1C.[U]. The Morgan fingerprint density at radius 1 is 1.31 bits per heavy atom. The van der Waals surface area contributed by atoms with Crippen LogP contribution in [0.4, 0.5) is 0 Å². The van der Waals surface area contributed by atoms with Crippen molar-refractivity contribution in [3.8, 4) is 5.75 Å². The van der Waals surface area contributed by atoms with Crippen LogP contribution in [0.25, 0.3) is 0 Å². The topological polar surface area (TPSA) is 26.3 Å². The second-order valence-corrected chi connectivity index (χ2v) is 3.59. The van der Waals surface area contributed by atoms with E-state index in [1.54, 1.807) is 6.07 Å². The average Bonchev–Trinajstić information content (AvgIpc) is 2.26. The zero-order valence-electron chi connectivity index (χ0n) is 9.88. The van der Waals surface area contributed by atoms with Crippen molar-refractivity contribution in [3.63, 3.8) is 0 Å². The molecule has 0 aliphatic rings. The minimum atomic E-state index is 0. The maximum atomic E-state index is 10.6. The van der Waals surface area contributed by atoms with Gasteiger partial charge in [-0.05, 0) is 12.5 Å².